The molecule has 0 atom stereocenters. The van der Waals surface area contributed by atoms with Crippen molar-refractivity contribution in [1.82, 2.24) is 0 Å². The zero-order valence-electron chi connectivity index (χ0n) is 16.3. The second-order valence-electron chi connectivity index (χ2n) is 7.75. The van der Waals surface area contributed by atoms with Gasteiger partial charge in [0.25, 0.3) is 10.0 Å². The van der Waals surface area contributed by atoms with E-state index in [9.17, 15) is 8.42 Å². The van der Waals surface area contributed by atoms with Crippen molar-refractivity contribution in [3.05, 3.63) is 59.7 Å². The fourth-order valence-electron chi connectivity index (χ4n) is 2.84. The van der Waals surface area contributed by atoms with E-state index in [1.54, 1.807) is 12.1 Å². The number of thioether (sulfide) groups is 1. The maximum absolute atomic E-state index is 13.5. The van der Waals surface area contributed by atoms with Crippen molar-refractivity contribution in [3.63, 3.8) is 0 Å². The van der Waals surface area contributed by atoms with Gasteiger partial charge in [-0.25, -0.2) is 12.7 Å². The summed E-state index contributed by atoms with van der Waals surface area (Å²) in [7, 11) is -3.75. The fourth-order valence-corrected chi connectivity index (χ4v) is 5.50. The van der Waals surface area contributed by atoms with Gasteiger partial charge in [-0.1, -0.05) is 62.4 Å². The molecule has 0 fully saturated rings. The smallest absolute Gasteiger partial charge is 0.261 e. The Balaban J connectivity index is 2.07. The van der Waals surface area contributed by atoms with Crippen LogP contribution < -0.4 is 4.31 Å². The molecule has 0 spiro atoms. The first-order valence-corrected chi connectivity index (χ1v) is 11.5. The molecule has 2 aromatic rings. The number of hydrogen-bond donors (Lipinski definition) is 0. The molecule has 0 N–H and O–H groups in total. The molecular formula is C21H26N2O2S2. The Kier molecular flexibility index (Phi) is 5.68. The molecular weight excluding hydrogens is 376 g/mol. The fraction of sp³-hybridized carbons (Fsp3) is 0.381. The Morgan fingerprint density at radius 1 is 1.00 bits per heavy atom. The summed E-state index contributed by atoms with van der Waals surface area (Å²) in [6, 6.07) is 14.7. The third kappa shape index (κ3) is 4.38. The Morgan fingerprint density at radius 2 is 1.63 bits per heavy atom. The number of anilines is 1. The van der Waals surface area contributed by atoms with Crippen molar-refractivity contribution in [2.45, 2.75) is 44.4 Å². The van der Waals surface area contributed by atoms with Crippen molar-refractivity contribution < 1.29 is 8.42 Å². The summed E-state index contributed by atoms with van der Waals surface area (Å²) in [5.41, 5.74) is 2.78. The molecule has 1 aliphatic rings. The first kappa shape index (κ1) is 20.0. The Hall–Kier alpha value is -1.79. The van der Waals surface area contributed by atoms with Gasteiger partial charge < -0.3 is 0 Å². The third-order valence-electron chi connectivity index (χ3n) is 4.48. The molecule has 0 unspecified atom stereocenters. The van der Waals surface area contributed by atoms with E-state index in [4.69, 9.17) is 0 Å². The molecule has 0 amide bonds. The molecule has 0 aromatic heterocycles. The van der Waals surface area contributed by atoms with Gasteiger partial charge in [-0.15, -0.1) is 0 Å². The van der Waals surface area contributed by atoms with Crippen molar-refractivity contribution >= 4 is 32.6 Å². The van der Waals surface area contributed by atoms with Crippen LogP contribution in [0.2, 0.25) is 0 Å². The molecule has 3 rings (SSSR count). The number of aliphatic imine (C=N–C) groups is 1. The van der Waals surface area contributed by atoms with Gasteiger partial charge in [0.05, 0.1) is 10.6 Å². The molecule has 4 nitrogen and oxygen atoms in total. The van der Waals surface area contributed by atoms with Gasteiger partial charge in [-0.05, 0) is 48.6 Å². The SMILES string of the molecule is Cc1ccc(N(C2=NCCCS2)S(=O)(=O)c2ccc(C(C)(C)C)cc2)cc1. The molecule has 2 aromatic carbocycles. The average Bonchev–Trinajstić information content (AvgIpc) is 2.64. The van der Waals surface area contributed by atoms with E-state index in [0.717, 1.165) is 23.3 Å². The van der Waals surface area contributed by atoms with Gasteiger partial charge in [-0.2, -0.15) is 0 Å². The van der Waals surface area contributed by atoms with Crippen molar-refractivity contribution in [2.24, 2.45) is 4.99 Å². The first-order chi connectivity index (χ1) is 12.7. The van der Waals surface area contributed by atoms with E-state index in [1.165, 1.54) is 16.1 Å². The number of nitrogens with zero attached hydrogens (tertiary/aromatic N) is 2. The highest BCUT2D eigenvalue weighted by molar-refractivity contribution is 8.15. The summed E-state index contributed by atoms with van der Waals surface area (Å²) in [6.07, 6.45) is 0.968. The Bertz CT molecular complexity index is 926. The van der Waals surface area contributed by atoms with Crippen LogP contribution in [0, 0.1) is 6.92 Å². The van der Waals surface area contributed by atoms with Gasteiger partial charge in [0, 0.05) is 12.3 Å². The zero-order chi connectivity index (χ0) is 19.7. The molecule has 6 heteroatoms. The second-order valence-corrected chi connectivity index (χ2v) is 10.6. The largest absolute Gasteiger partial charge is 0.270 e. The molecule has 1 aliphatic heterocycles. The minimum absolute atomic E-state index is 0.0256. The van der Waals surface area contributed by atoms with Crippen LogP contribution in [0.25, 0.3) is 0 Å². The summed E-state index contributed by atoms with van der Waals surface area (Å²) in [4.78, 5) is 4.79. The van der Waals surface area contributed by atoms with Crippen molar-refractivity contribution in [3.8, 4) is 0 Å². The van der Waals surface area contributed by atoms with E-state index in [1.807, 2.05) is 43.3 Å². The first-order valence-electron chi connectivity index (χ1n) is 9.09. The monoisotopic (exact) mass is 402 g/mol. The number of aryl methyl sites for hydroxylation is 1. The minimum atomic E-state index is -3.75. The molecule has 0 saturated carbocycles. The van der Waals surface area contributed by atoms with Gasteiger partial charge in [0.1, 0.15) is 0 Å². The summed E-state index contributed by atoms with van der Waals surface area (Å²) < 4.78 is 28.4. The van der Waals surface area contributed by atoms with Crippen LogP contribution in [-0.4, -0.2) is 25.9 Å². The molecule has 27 heavy (non-hydrogen) atoms. The second kappa shape index (κ2) is 7.68. The molecule has 0 bridgehead atoms. The Labute approximate surface area is 166 Å². The Morgan fingerprint density at radius 3 is 2.15 bits per heavy atom. The predicted molar refractivity (Wildman–Crippen MR) is 115 cm³/mol. The highest BCUT2D eigenvalue weighted by Crippen LogP contribution is 2.31. The van der Waals surface area contributed by atoms with E-state index >= 15 is 0 Å². The van der Waals surface area contributed by atoms with Gasteiger partial charge in [-0.3, -0.25) is 4.99 Å². The predicted octanol–water partition coefficient (Wildman–Crippen LogP) is 4.98. The summed E-state index contributed by atoms with van der Waals surface area (Å²) in [6.45, 7) is 8.98. The highest BCUT2D eigenvalue weighted by Gasteiger charge is 2.31. The maximum Gasteiger partial charge on any atom is 0.270 e. The van der Waals surface area contributed by atoms with E-state index < -0.39 is 10.0 Å². The molecule has 0 radical (unpaired) electrons. The van der Waals surface area contributed by atoms with E-state index in [-0.39, 0.29) is 10.3 Å². The topological polar surface area (TPSA) is 49.7 Å². The number of benzene rings is 2. The van der Waals surface area contributed by atoms with Crippen LogP contribution in [0.15, 0.2) is 58.4 Å². The average molecular weight is 403 g/mol. The lowest BCUT2D eigenvalue weighted by atomic mass is 9.87. The van der Waals surface area contributed by atoms with Gasteiger partial charge in [0.2, 0.25) is 0 Å². The van der Waals surface area contributed by atoms with E-state index in [0.29, 0.717) is 17.4 Å². The number of rotatable bonds is 3. The summed E-state index contributed by atoms with van der Waals surface area (Å²) >= 11 is 1.50. The standard InChI is InChI=1S/C21H26N2O2S2/c1-16-6-10-18(11-7-16)23(20-22-14-5-15-26-20)27(24,25)19-12-8-17(9-13-19)21(2,3)4/h6-13H,5,14-15H2,1-4H3. The quantitative estimate of drug-likeness (QED) is 0.727. The minimum Gasteiger partial charge on any atom is -0.261 e. The van der Waals surface area contributed by atoms with Crippen LogP contribution in [-0.2, 0) is 15.4 Å². The van der Waals surface area contributed by atoms with Crippen molar-refractivity contribution in [2.75, 3.05) is 16.6 Å². The van der Waals surface area contributed by atoms with Crippen LogP contribution >= 0.6 is 11.8 Å². The van der Waals surface area contributed by atoms with Crippen LogP contribution in [0.4, 0.5) is 5.69 Å². The summed E-state index contributed by atoms with van der Waals surface area (Å²) in [5, 5.41) is 0.546. The lowest BCUT2D eigenvalue weighted by Crippen LogP contribution is -2.36. The molecule has 0 aliphatic carbocycles. The molecule has 144 valence electrons. The lowest BCUT2D eigenvalue weighted by molar-refractivity contribution is 0.586. The third-order valence-corrected chi connectivity index (χ3v) is 7.39. The molecule has 0 saturated heterocycles. The van der Waals surface area contributed by atoms with Crippen LogP contribution in [0.5, 0.6) is 0 Å². The van der Waals surface area contributed by atoms with E-state index in [2.05, 4.69) is 25.8 Å². The normalized spacial score (nSPS) is 15.3. The summed E-state index contributed by atoms with van der Waals surface area (Å²) in [5.74, 6) is 0.875. The van der Waals surface area contributed by atoms with Crippen molar-refractivity contribution in [1.29, 1.82) is 0 Å². The number of amidine groups is 1. The van der Waals surface area contributed by atoms with Crippen LogP contribution in [0.1, 0.15) is 38.3 Å². The van der Waals surface area contributed by atoms with Gasteiger partial charge in [0.15, 0.2) is 5.17 Å². The molecule has 1 heterocycles. The lowest BCUT2D eigenvalue weighted by Gasteiger charge is -2.27. The highest BCUT2D eigenvalue weighted by atomic mass is 32.2. The van der Waals surface area contributed by atoms with Gasteiger partial charge >= 0.3 is 0 Å². The number of sulfonamides is 1. The van der Waals surface area contributed by atoms with Crippen LogP contribution in [0.3, 0.4) is 0 Å². The maximum atomic E-state index is 13.5. The number of hydrogen-bond acceptors (Lipinski definition) is 4. The zero-order valence-corrected chi connectivity index (χ0v) is 17.9.